The fourth-order valence-electron chi connectivity index (χ4n) is 2.37. The van der Waals surface area contributed by atoms with Gasteiger partial charge in [-0.05, 0) is 35.9 Å². The molecule has 0 fully saturated rings. The largest absolute Gasteiger partial charge is 0.497 e. The molecule has 0 spiro atoms. The van der Waals surface area contributed by atoms with Gasteiger partial charge >= 0.3 is 0 Å². The van der Waals surface area contributed by atoms with Crippen LogP contribution >= 0.6 is 0 Å². The third-order valence-corrected chi connectivity index (χ3v) is 3.49. The van der Waals surface area contributed by atoms with Crippen molar-refractivity contribution in [3.63, 3.8) is 0 Å². The van der Waals surface area contributed by atoms with E-state index in [0.29, 0.717) is 5.57 Å². The minimum atomic E-state index is 0.615. The first-order valence-electron chi connectivity index (χ1n) is 6.92. The van der Waals surface area contributed by atoms with Crippen LogP contribution in [0.25, 0.3) is 22.6 Å². The summed E-state index contributed by atoms with van der Waals surface area (Å²) in [5.41, 5.74) is 3.35. The van der Waals surface area contributed by atoms with Crippen molar-refractivity contribution in [2.75, 3.05) is 7.11 Å². The van der Waals surface area contributed by atoms with Crippen molar-refractivity contribution >= 4 is 22.6 Å². The van der Waals surface area contributed by atoms with Gasteiger partial charge in [0.15, 0.2) is 0 Å². The standard InChI is InChI=1S/C19H14N2O/c1-22-16-8-6-14(7-9-16)12-15(13-20)17-10-11-21-19-5-3-2-4-18(17)19/h2-12H,1H3/b15-12+. The number of ether oxygens (including phenoxy) is 1. The van der Waals surface area contributed by atoms with E-state index in [-0.39, 0.29) is 0 Å². The van der Waals surface area contributed by atoms with Gasteiger partial charge in [0.2, 0.25) is 0 Å². The van der Waals surface area contributed by atoms with Gasteiger partial charge in [0.1, 0.15) is 5.75 Å². The molecule has 0 saturated carbocycles. The van der Waals surface area contributed by atoms with Gasteiger partial charge in [0.05, 0.1) is 24.3 Å². The van der Waals surface area contributed by atoms with Crippen LogP contribution in [0, 0.1) is 11.3 Å². The van der Waals surface area contributed by atoms with Crippen molar-refractivity contribution in [2.24, 2.45) is 0 Å². The summed E-state index contributed by atoms with van der Waals surface area (Å²) in [5.74, 6) is 0.796. The van der Waals surface area contributed by atoms with Crippen LogP contribution in [0.1, 0.15) is 11.1 Å². The van der Waals surface area contributed by atoms with Gasteiger partial charge in [0.25, 0.3) is 0 Å². The Morgan fingerprint density at radius 1 is 1.09 bits per heavy atom. The summed E-state index contributed by atoms with van der Waals surface area (Å²) in [7, 11) is 1.63. The average molecular weight is 286 g/mol. The minimum absolute atomic E-state index is 0.615. The van der Waals surface area contributed by atoms with Crippen molar-refractivity contribution in [1.82, 2.24) is 4.98 Å². The molecular formula is C19H14N2O. The zero-order valence-corrected chi connectivity index (χ0v) is 12.2. The van der Waals surface area contributed by atoms with E-state index in [4.69, 9.17) is 4.74 Å². The highest BCUT2D eigenvalue weighted by Gasteiger charge is 2.06. The first-order chi connectivity index (χ1) is 10.8. The topological polar surface area (TPSA) is 45.9 Å². The van der Waals surface area contributed by atoms with Crippen molar-refractivity contribution in [3.8, 4) is 11.8 Å². The summed E-state index contributed by atoms with van der Waals surface area (Å²) in [6.07, 6.45) is 3.61. The monoisotopic (exact) mass is 286 g/mol. The molecule has 22 heavy (non-hydrogen) atoms. The maximum absolute atomic E-state index is 9.54. The number of nitriles is 1. The van der Waals surface area contributed by atoms with Crippen LogP contribution < -0.4 is 4.74 Å². The number of allylic oxidation sites excluding steroid dienone is 1. The lowest BCUT2D eigenvalue weighted by Gasteiger charge is -2.05. The van der Waals surface area contributed by atoms with Crippen LogP contribution in [0.4, 0.5) is 0 Å². The molecule has 0 aliphatic carbocycles. The predicted octanol–water partition coefficient (Wildman–Crippen LogP) is 4.31. The van der Waals surface area contributed by atoms with Gasteiger partial charge < -0.3 is 4.74 Å². The molecule has 0 amide bonds. The van der Waals surface area contributed by atoms with Gasteiger partial charge in [-0.2, -0.15) is 5.26 Å². The first kappa shape index (κ1) is 13.8. The Hall–Kier alpha value is -3.12. The zero-order chi connectivity index (χ0) is 15.4. The third-order valence-electron chi connectivity index (χ3n) is 3.49. The molecule has 0 aliphatic rings. The first-order valence-corrected chi connectivity index (χ1v) is 6.92. The van der Waals surface area contributed by atoms with E-state index in [2.05, 4.69) is 11.1 Å². The fourth-order valence-corrected chi connectivity index (χ4v) is 2.37. The lowest BCUT2D eigenvalue weighted by molar-refractivity contribution is 0.415. The molecule has 0 aliphatic heterocycles. The number of fused-ring (bicyclic) bond motifs is 1. The lowest BCUT2D eigenvalue weighted by atomic mass is 10.00. The molecule has 3 rings (SSSR count). The Bertz CT molecular complexity index is 869. The third kappa shape index (κ3) is 2.68. The van der Waals surface area contributed by atoms with E-state index in [1.165, 1.54) is 0 Å². The number of hydrogen-bond donors (Lipinski definition) is 0. The fraction of sp³-hybridized carbons (Fsp3) is 0.0526. The summed E-state index contributed by atoms with van der Waals surface area (Å²) in [5, 5.41) is 10.5. The van der Waals surface area contributed by atoms with Gasteiger partial charge in [-0.25, -0.2) is 0 Å². The van der Waals surface area contributed by atoms with Crippen LogP contribution in [0.15, 0.2) is 60.8 Å². The number of pyridine rings is 1. The summed E-state index contributed by atoms with van der Waals surface area (Å²) in [6, 6.07) is 19.6. The highest BCUT2D eigenvalue weighted by molar-refractivity contribution is 6.00. The molecule has 0 atom stereocenters. The van der Waals surface area contributed by atoms with Crippen molar-refractivity contribution < 1.29 is 4.74 Å². The number of nitrogens with zero attached hydrogens (tertiary/aromatic N) is 2. The number of benzene rings is 2. The van der Waals surface area contributed by atoms with Crippen LogP contribution in [0.5, 0.6) is 5.75 Å². The molecular weight excluding hydrogens is 272 g/mol. The Balaban J connectivity index is 2.09. The van der Waals surface area contributed by atoms with Crippen LogP contribution in [0.3, 0.4) is 0 Å². The second-order valence-electron chi connectivity index (χ2n) is 4.82. The molecule has 0 bridgehead atoms. The van der Waals surface area contributed by atoms with E-state index in [9.17, 15) is 5.26 Å². The quantitative estimate of drug-likeness (QED) is 0.674. The van der Waals surface area contributed by atoms with E-state index >= 15 is 0 Å². The minimum Gasteiger partial charge on any atom is -0.497 e. The second-order valence-corrected chi connectivity index (χ2v) is 4.82. The Labute approximate surface area is 129 Å². The lowest BCUT2D eigenvalue weighted by Crippen LogP contribution is -1.87. The van der Waals surface area contributed by atoms with E-state index in [1.54, 1.807) is 13.3 Å². The summed E-state index contributed by atoms with van der Waals surface area (Å²) in [6.45, 7) is 0. The number of aromatic nitrogens is 1. The number of methoxy groups -OCH3 is 1. The summed E-state index contributed by atoms with van der Waals surface area (Å²) >= 11 is 0. The molecule has 0 unspecified atom stereocenters. The maximum Gasteiger partial charge on any atom is 0.118 e. The van der Waals surface area contributed by atoms with Gasteiger partial charge in [-0.1, -0.05) is 30.3 Å². The van der Waals surface area contributed by atoms with E-state index in [0.717, 1.165) is 27.8 Å². The Kier molecular flexibility index (Phi) is 3.84. The van der Waals surface area contributed by atoms with Crippen LogP contribution in [-0.4, -0.2) is 12.1 Å². The number of para-hydroxylation sites is 1. The molecule has 1 heterocycles. The molecule has 0 saturated heterocycles. The van der Waals surface area contributed by atoms with Gasteiger partial charge in [0, 0.05) is 17.1 Å². The van der Waals surface area contributed by atoms with Gasteiger partial charge in [-0.15, -0.1) is 0 Å². The Morgan fingerprint density at radius 3 is 2.59 bits per heavy atom. The maximum atomic E-state index is 9.54. The van der Waals surface area contributed by atoms with Crippen LogP contribution in [-0.2, 0) is 0 Å². The molecule has 3 aromatic rings. The van der Waals surface area contributed by atoms with Crippen molar-refractivity contribution in [3.05, 3.63) is 71.9 Å². The molecule has 0 radical (unpaired) electrons. The van der Waals surface area contributed by atoms with Gasteiger partial charge in [-0.3, -0.25) is 4.98 Å². The zero-order valence-electron chi connectivity index (χ0n) is 12.2. The van der Waals surface area contributed by atoms with Crippen LogP contribution in [0.2, 0.25) is 0 Å². The highest BCUT2D eigenvalue weighted by atomic mass is 16.5. The number of hydrogen-bond acceptors (Lipinski definition) is 3. The predicted molar refractivity (Wildman–Crippen MR) is 88.2 cm³/mol. The summed E-state index contributed by atoms with van der Waals surface area (Å²) < 4.78 is 5.15. The Morgan fingerprint density at radius 2 is 1.86 bits per heavy atom. The van der Waals surface area contributed by atoms with E-state index in [1.807, 2.05) is 60.7 Å². The molecule has 106 valence electrons. The highest BCUT2D eigenvalue weighted by Crippen LogP contribution is 2.25. The van der Waals surface area contributed by atoms with Crippen molar-refractivity contribution in [1.29, 1.82) is 5.26 Å². The number of rotatable bonds is 3. The molecule has 0 N–H and O–H groups in total. The average Bonchev–Trinajstić information content (AvgIpc) is 2.60. The van der Waals surface area contributed by atoms with E-state index < -0.39 is 0 Å². The molecule has 3 heteroatoms. The summed E-state index contributed by atoms with van der Waals surface area (Å²) in [4.78, 5) is 4.34. The van der Waals surface area contributed by atoms with Crippen molar-refractivity contribution in [2.45, 2.75) is 0 Å². The SMILES string of the molecule is COc1ccc(/C=C(\C#N)c2ccnc3ccccc23)cc1. The molecule has 3 nitrogen and oxygen atoms in total. The molecule has 1 aromatic heterocycles. The normalized spacial score (nSPS) is 11.2. The smallest absolute Gasteiger partial charge is 0.118 e. The molecule has 2 aromatic carbocycles. The second kappa shape index (κ2) is 6.11.